The fourth-order valence-electron chi connectivity index (χ4n) is 2.14. The zero-order valence-corrected chi connectivity index (χ0v) is 12.9. The molecular formula is C18H15N3O3. The maximum absolute atomic E-state index is 12.2. The van der Waals surface area contributed by atoms with Crippen molar-refractivity contribution in [2.24, 2.45) is 0 Å². The number of carbonyl (C=O) groups is 2. The van der Waals surface area contributed by atoms with Crippen LogP contribution < -0.4 is 10.6 Å². The minimum atomic E-state index is -0.334. The van der Waals surface area contributed by atoms with Gasteiger partial charge in [-0.15, -0.1) is 0 Å². The Hall–Kier alpha value is -3.41. The van der Waals surface area contributed by atoms with Crippen molar-refractivity contribution in [3.05, 3.63) is 77.6 Å². The summed E-state index contributed by atoms with van der Waals surface area (Å²) in [4.78, 5) is 24.4. The predicted octanol–water partition coefficient (Wildman–Crippen LogP) is 3.49. The summed E-state index contributed by atoms with van der Waals surface area (Å²) < 4.78 is 4.90. The number of aryl methyl sites for hydroxylation is 1. The van der Waals surface area contributed by atoms with Crippen LogP contribution in [0.3, 0.4) is 0 Å². The third kappa shape index (κ3) is 3.67. The molecule has 0 bridgehead atoms. The first-order valence-corrected chi connectivity index (χ1v) is 7.33. The van der Waals surface area contributed by atoms with Gasteiger partial charge in [-0.25, -0.2) is 0 Å². The van der Waals surface area contributed by atoms with Gasteiger partial charge in [0.2, 0.25) is 0 Å². The van der Waals surface area contributed by atoms with Gasteiger partial charge in [0.1, 0.15) is 5.76 Å². The lowest BCUT2D eigenvalue weighted by molar-refractivity contribution is 0.101. The molecule has 0 aliphatic rings. The van der Waals surface area contributed by atoms with Gasteiger partial charge in [-0.2, -0.15) is 0 Å². The van der Waals surface area contributed by atoms with Crippen LogP contribution in [0.15, 0.2) is 65.2 Å². The summed E-state index contributed by atoms with van der Waals surface area (Å²) in [6.07, 6.45) is 0. The molecule has 0 radical (unpaired) electrons. The number of amides is 2. The van der Waals surface area contributed by atoms with Crippen molar-refractivity contribution in [3.63, 3.8) is 0 Å². The normalized spacial score (nSPS) is 10.2. The summed E-state index contributed by atoms with van der Waals surface area (Å²) in [7, 11) is 0. The van der Waals surface area contributed by atoms with Crippen LogP contribution in [0.25, 0.3) is 0 Å². The van der Waals surface area contributed by atoms with Crippen LogP contribution in [0, 0.1) is 6.92 Å². The molecule has 2 amide bonds. The molecule has 0 aliphatic heterocycles. The van der Waals surface area contributed by atoms with Gasteiger partial charge in [0.15, 0.2) is 5.82 Å². The molecule has 0 saturated carbocycles. The zero-order valence-electron chi connectivity index (χ0n) is 12.9. The molecule has 0 fully saturated rings. The average molecular weight is 321 g/mol. The van der Waals surface area contributed by atoms with Crippen LogP contribution in [0.4, 0.5) is 11.5 Å². The van der Waals surface area contributed by atoms with Gasteiger partial charge in [0.05, 0.1) is 0 Å². The molecule has 0 saturated heterocycles. The molecule has 6 nitrogen and oxygen atoms in total. The summed E-state index contributed by atoms with van der Waals surface area (Å²) in [6.45, 7) is 1.74. The second-order valence-corrected chi connectivity index (χ2v) is 5.18. The molecule has 6 heteroatoms. The van der Waals surface area contributed by atoms with Crippen LogP contribution in [-0.4, -0.2) is 17.0 Å². The summed E-state index contributed by atoms with van der Waals surface area (Å²) in [5, 5.41) is 9.12. The highest BCUT2D eigenvalue weighted by Crippen LogP contribution is 2.15. The van der Waals surface area contributed by atoms with E-state index in [1.165, 1.54) is 0 Å². The van der Waals surface area contributed by atoms with Crippen LogP contribution in [-0.2, 0) is 0 Å². The van der Waals surface area contributed by atoms with E-state index in [1.54, 1.807) is 61.5 Å². The van der Waals surface area contributed by atoms with Gasteiger partial charge in [-0.3, -0.25) is 9.59 Å². The van der Waals surface area contributed by atoms with Gasteiger partial charge < -0.3 is 15.2 Å². The van der Waals surface area contributed by atoms with Crippen LogP contribution >= 0.6 is 0 Å². The Morgan fingerprint density at radius 3 is 2.29 bits per heavy atom. The Morgan fingerprint density at radius 1 is 0.875 bits per heavy atom. The maximum atomic E-state index is 12.2. The topological polar surface area (TPSA) is 84.2 Å². The maximum Gasteiger partial charge on any atom is 0.256 e. The second kappa shape index (κ2) is 6.78. The summed E-state index contributed by atoms with van der Waals surface area (Å²) in [5.41, 5.74) is 1.49. The first-order valence-electron chi connectivity index (χ1n) is 7.33. The Morgan fingerprint density at radius 2 is 1.58 bits per heavy atom. The molecule has 3 aromatic rings. The Balaban J connectivity index is 1.72. The molecule has 0 spiro atoms. The smallest absolute Gasteiger partial charge is 0.256 e. The molecule has 120 valence electrons. The largest absolute Gasteiger partial charge is 0.360 e. The summed E-state index contributed by atoms with van der Waals surface area (Å²) in [6, 6.07) is 17.2. The van der Waals surface area contributed by atoms with Crippen LogP contribution in [0.5, 0.6) is 0 Å². The van der Waals surface area contributed by atoms with Gasteiger partial charge in [0, 0.05) is 22.9 Å². The number of aromatic nitrogens is 1. The fraction of sp³-hybridized carbons (Fsp3) is 0.0556. The number of nitrogens with zero attached hydrogens (tertiary/aromatic N) is 1. The zero-order chi connectivity index (χ0) is 16.9. The van der Waals surface area contributed by atoms with E-state index in [9.17, 15) is 9.59 Å². The van der Waals surface area contributed by atoms with Crippen molar-refractivity contribution in [3.8, 4) is 0 Å². The second-order valence-electron chi connectivity index (χ2n) is 5.18. The number of hydrogen-bond donors (Lipinski definition) is 2. The standard InChI is InChI=1S/C18H15N3O3/c1-12-10-16(21-24-12)20-18(23)14-8-5-9-15(11-14)19-17(22)13-6-3-2-4-7-13/h2-11H,1H3,(H,19,22)(H,20,21,23). The molecule has 3 rings (SSSR count). The molecule has 1 aromatic heterocycles. The van der Waals surface area contributed by atoms with E-state index < -0.39 is 0 Å². The molecule has 0 atom stereocenters. The molecule has 2 aromatic carbocycles. The Kier molecular flexibility index (Phi) is 4.38. The lowest BCUT2D eigenvalue weighted by Crippen LogP contribution is -2.14. The number of anilines is 2. The van der Waals surface area contributed by atoms with E-state index in [2.05, 4.69) is 15.8 Å². The highest BCUT2D eigenvalue weighted by atomic mass is 16.5. The summed E-state index contributed by atoms with van der Waals surface area (Å²) >= 11 is 0. The van der Waals surface area contributed by atoms with Crippen LogP contribution in [0.2, 0.25) is 0 Å². The Labute approximate surface area is 138 Å². The van der Waals surface area contributed by atoms with E-state index >= 15 is 0 Å². The van der Waals surface area contributed by atoms with Crippen molar-refractivity contribution in [2.75, 3.05) is 10.6 Å². The highest BCUT2D eigenvalue weighted by molar-refractivity contribution is 6.07. The number of hydrogen-bond acceptors (Lipinski definition) is 4. The molecule has 0 aliphatic carbocycles. The van der Waals surface area contributed by atoms with Crippen LogP contribution in [0.1, 0.15) is 26.5 Å². The average Bonchev–Trinajstić information content (AvgIpc) is 3.00. The Bertz CT molecular complexity index is 872. The third-order valence-corrected chi connectivity index (χ3v) is 3.29. The van der Waals surface area contributed by atoms with E-state index in [-0.39, 0.29) is 11.8 Å². The van der Waals surface area contributed by atoms with Gasteiger partial charge in [0.25, 0.3) is 11.8 Å². The number of carbonyl (C=O) groups excluding carboxylic acids is 2. The third-order valence-electron chi connectivity index (χ3n) is 3.29. The van der Waals surface area contributed by atoms with Crippen molar-refractivity contribution in [2.45, 2.75) is 6.92 Å². The lowest BCUT2D eigenvalue weighted by atomic mass is 10.1. The lowest BCUT2D eigenvalue weighted by Gasteiger charge is -2.07. The molecule has 0 unspecified atom stereocenters. The van der Waals surface area contributed by atoms with Crippen molar-refractivity contribution < 1.29 is 14.1 Å². The van der Waals surface area contributed by atoms with E-state index in [0.717, 1.165) is 0 Å². The van der Waals surface area contributed by atoms with Gasteiger partial charge in [-0.1, -0.05) is 29.4 Å². The minimum absolute atomic E-state index is 0.236. The monoisotopic (exact) mass is 321 g/mol. The first-order chi connectivity index (χ1) is 11.6. The minimum Gasteiger partial charge on any atom is -0.360 e. The van der Waals surface area contributed by atoms with Gasteiger partial charge in [-0.05, 0) is 37.3 Å². The van der Waals surface area contributed by atoms with E-state index in [1.807, 2.05) is 6.07 Å². The van der Waals surface area contributed by atoms with Crippen molar-refractivity contribution in [1.29, 1.82) is 0 Å². The molecule has 1 heterocycles. The SMILES string of the molecule is Cc1cc(NC(=O)c2cccc(NC(=O)c3ccccc3)c2)no1. The quantitative estimate of drug-likeness (QED) is 0.770. The number of benzene rings is 2. The first kappa shape index (κ1) is 15.5. The molecule has 24 heavy (non-hydrogen) atoms. The number of rotatable bonds is 4. The van der Waals surface area contributed by atoms with E-state index in [4.69, 9.17) is 4.52 Å². The van der Waals surface area contributed by atoms with Crippen molar-refractivity contribution >= 4 is 23.3 Å². The highest BCUT2D eigenvalue weighted by Gasteiger charge is 2.11. The number of nitrogens with one attached hydrogen (secondary N) is 2. The van der Waals surface area contributed by atoms with E-state index in [0.29, 0.717) is 28.4 Å². The molecule has 2 N–H and O–H groups in total. The summed E-state index contributed by atoms with van der Waals surface area (Å²) in [5.74, 6) is 0.379. The molecular weight excluding hydrogens is 306 g/mol. The predicted molar refractivity (Wildman–Crippen MR) is 90.0 cm³/mol. The fourth-order valence-corrected chi connectivity index (χ4v) is 2.14. The van der Waals surface area contributed by atoms with Crippen molar-refractivity contribution in [1.82, 2.24) is 5.16 Å². The van der Waals surface area contributed by atoms with Gasteiger partial charge >= 0.3 is 0 Å².